The average molecular weight is 181 g/mol. The highest BCUT2D eigenvalue weighted by Crippen LogP contribution is 2.45. The maximum Gasteiger partial charge on any atom is 0.0153 e. The van der Waals surface area contributed by atoms with Gasteiger partial charge in [-0.3, -0.25) is 4.90 Å². The molecule has 76 valence electrons. The van der Waals surface area contributed by atoms with E-state index in [1.807, 2.05) is 0 Å². The van der Waals surface area contributed by atoms with Gasteiger partial charge in [-0.1, -0.05) is 13.8 Å². The van der Waals surface area contributed by atoms with Gasteiger partial charge in [0.25, 0.3) is 0 Å². The summed E-state index contributed by atoms with van der Waals surface area (Å²) in [7, 11) is 0. The smallest absolute Gasteiger partial charge is 0.0153 e. The van der Waals surface area contributed by atoms with Crippen LogP contribution in [0.4, 0.5) is 0 Å². The summed E-state index contributed by atoms with van der Waals surface area (Å²) < 4.78 is 0. The molecule has 0 aromatic heterocycles. The van der Waals surface area contributed by atoms with Crippen molar-refractivity contribution in [2.45, 2.75) is 65.1 Å². The van der Waals surface area contributed by atoms with Gasteiger partial charge in [-0.05, 0) is 44.9 Å². The van der Waals surface area contributed by atoms with E-state index < -0.39 is 0 Å². The summed E-state index contributed by atoms with van der Waals surface area (Å²) in [6.45, 7) is 9.49. The van der Waals surface area contributed by atoms with E-state index in [9.17, 15) is 0 Å². The highest BCUT2D eigenvalue weighted by atomic mass is 15.3. The minimum Gasteiger partial charge on any atom is -0.295 e. The van der Waals surface area contributed by atoms with Crippen molar-refractivity contribution in [2.75, 3.05) is 0 Å². The van der Waals surface area contributed by atoms with Crippen molar-refractivity contribution in [2.24, 2.45) is 11.8 Å². The van der Waals surface area contributed by atoms with E-state index in [4.69, 9.17) is 0 Å². The first-order chi connectivity index (χ1) is 6.11. The Morgan fingerprint density at radius 2 is 1.77 bits per heavy atom. The molecular weight excluding hydrogens is 158 g/mol. The Balaban J connectivity index is 2.15. The van der Waals surface area contributed by atoms with Gasteiger partial charge in [0.05, 0.1) is 0 Å². The Morgan fingerprint density at radius 3 is 2.23 bits per heavy atom. The number of likely N-dealkylation sites (tertiary alicyclic amines) is 1. The molecule has 0 N–H and O–H groups in total. The molecule has 3 atom stereocenters. The van der Waals surface area contributed by atoms with Gasteiger partial charge < -0.3 is 0 Å². The lowest BCUT2D eigenvalue weighted by atomic mass is 9.89. The van der Waals surface area contributed by atoms with E-state index in [-0.39, 0.29) is 0 Å². The Kier molecular flexibility index (Phi) is 2.39. The third kappa shape index (κ3) is 1.41. The topological polar surface area (TPSA) is 3.24 Å². The molecule has 0 radical (unpaired) electrons. The lowest BCUT2D eigenvalue weighted by Crippen LogP contribution is -2.47. The first-order valence-electron chi connectivity index (χ1n) is 5.88. The van der Waals surface area contributed by atoms with Crippen LogP contribution >= 0.6 is 0 Å². The lowest BCUT2D eigenvalue weighted by molar-refractivity contribution is 0.0732. The first kappa shape index (κ1) is 9.51. The number of hydrogen-bond acceptors (Lipinski definition) is 1. The molecule has 2 bridgehead atoms. The summed E-state index contributed by atoms with van der Waals surface area (Å²) in [4.78, 5) is 2.79. The molecule has 2 rings (SSSR count). The van der Waals surface area contributed by atoms with Crippen LogP contribution in [0.2, 0.25) is 0 Å². The van der Waals surface area contributed by atoms with Crippen LogP contribution in [0.15, 0.2) is 0 Å². The predicted octanol–water partition coefficient (Wildman–Crippen LogP) is 2.90. The van der Waals surface area contributed by atoms with Gasteiger partial charge >= 0.3 is 0 Å². The maximum atomic E-state index is 2.79. The van der Waals surface area contributed by atoms with Crippen LogP contribution in [-0.4, -0.2) is 23.0 Å². The normalized spacial score (nSPS) is 39.7. The third-order valence-electron chi connectivity index (χ3n) is 3.97. The van der Waals surface area contributed by atoms with Gasteiger partial charge in [-0.15, -0.1) is 0 Å². The van der Waals surface area contributed by atoms with Crippen LogP contribution in [0.1, 0.15) is 47.0 Å². The molecule has 1 heteroatoms. The molecule has 1 unspecified atom stereocenters. The molecule has 1 saturated heterocycles. The van der Waals surface area contributed by atoms with E-state index in [1.165, 1.54) is 19.3 Å². The SMILES string of the molecule is CC(C)C1[C@H]2CC[C@H](C2)N1C(C)C. The second-order valence-electron chi connectivity index (χ2n) is 5.50. The number of fused-ring (bicyclic) bond motifs is 2. The van der Waals surface area contributed by atoms with Gasteiger partial charge in [0.2, 0.25) is 0 Å². The van der Waals surface area contributed by atoms with Crippen molar-refractivity contribution >= 4 is 0 Å². The quantitative estimate of drug-likeness (QED) is 0.633. The van der Waals surface area contributed by atoms with Crippen molar-refractivity contribution < 1.29 is 0 Å². The van der Waals surface area contributed by atoms with Crippen LogP contribution in [0.25, 0.3) is 0 Å². The van der Waals surface area contributed by atoms with E-state index >= 15 is 0 Å². The molecule has 0 spiro atoms. The number of piperidine rings is 1. The second-order valence-corrected chi connectivity index (χ2v) is 5.50. The zero-order valence-corrected chi connectivity index (χ0v) is 9.46. The average Bonchev–Trinajstić information content (AvgIpc) is 2.60. The van der Waals surface area contributed by atoms with Gasteiger partial charge in [0.15, 0.2) is 0 Å². The summed E-state index contributed by atoms with van der Waals surface area (Å²) in [5, 5.41) is 0. The van der Waals surface area contributed by atoms with Crippen molar-refractivity contribution in [1.82, 2.24) is 4.90 Å². The number of rotatable bonds is 2. The first-order valence-corrected chi connectivity index (χ1v) is 5.88. The van der Waals surface area contributed by atoms with Crippen LogP contribution in [0.3, 0.4) is 0 Å². The van der Waals surface area contributed by atoms with Crippen LogP contribution in [0.5, 0.6) is 0 Å². The molecule has 13 heavy (non-hydrogen) atoms. The zero-order chi connectivity index (χ0) is 9.59. The lowest BCUT2D eigenvalue weighted by Gasteiger charge is -2.40. The molecule has 0 aromatic carbocycles. The predicted molar refractivity (Wildman–Crippen MR) is 56.7 cm³/mol. The Hall–Kier alpha value is -0.0400. The molecule has 1 heterocycles. The highest BCUT2D eigenvalue weighted by Gasteiger charge is 2.47. The monoisotopic (exact) mass is 181 g/mol. The minimum atomic E-state index is 0.752. The van der Waals surface area contributed by atoms with Crippen LogP contribution in [0, 0.1) is 11.8 Å². The Bertz CT molecular complexity index is 166. The van der Waals surface area contributed by atoms with Crippen molar-refractivity contribution in [3.05, 3.63) is 0 Å². The van der Waals surface area contributed by atoms with Crippen LogP contribution < -0.4 is 0 Å². The molecule has 0 amide bonds. The van der Waals surface area contributed by atoms with Gasteiger partial charge in [-0.2, -0.15) is 0 Å². The third-order valence-corrected chi connectivity index (χ3v) is 3.97. The summed E-state index contributed by atoms with van der Waals surface area (Å²) in [6.07, 6.45) is 4.45. The van der Waals surface area contributed by atoms with E-state index in [1.54, 1.807) is 0 Å². The molecule has 0 aromatic rings. The minimum absolute atomic E-state index is 0.752. The van der Waals surface area contributed by atoms with Gasteiger partial charge in [0, 0.05) is 18.1 Å². The number of hydrogen-bond donors (Lipinski definition) is 0. The molecule has 1 nitrogen and oxygen atoms in total. The maximum absolute atomic E-state index is 2.79. The molecular formula is C12H23N. The molecule has 1 aliphatic heterocycles. The largest absolute Gasteiger partial charge is 0.295 e. The molecule has 1 saturated carbocycles. The second kappa shape index (κ2) is 3.27. The van der Waals surface area contributed by atoms with Crippen LogP contribution in [-0.2, 0) is 0 Å². The molecule has 2 aliphatic rings. The fraction of sp³-hybridized carbons (Fsp3) is 1.00. The fourth-order valence-corrected chi connectivity index (χ4v) is 3.71. The standard InChI is InChI=1S/C12H23N/c1-8(2)12-10-5-6-11(7-10)13(12)9(3)4/h8-12H,5-7H2,1-4H3/t10-,11+,12?/m0/s1. The number of nitrogens with zero attached hydrogens (tertiary/aromatic N) is 1. The van der Waals surface area contributed by atoms with Gasteiger partial charge in [-0.25, -0.2) is 0 Å². The molecule has 2 fully saturated rings. The summed E-state index contributed by atoms with van der Waals surface area (Å²) in [5.41, 5.74) is 0. The van der Waals surface area contributed by atoms with Gasteiger partial charge in [0.1, 0.15) is 0 Å². The van der Waals surface area contributed by atoms with E-state index in [0.717, 1.165) is 30.0 Å². The summed E-state index contributed by atoms with van der Waals surface area (Å²) >= 11 is 0. The fourth-order valence-electron chi connectivity index (χ4n) is 3.71. The van der Waals surface area contributed by atoms with Crippen molar-refractivity contribution in [3.8, 4) is 0 Å². The Labute approximate surface area is 82.5 Å². The van der Waals surface area contributed by atoms with Crippen molar-refractivity contribution in [3.63, 3.8) is 0 Å². The highest BCUT2D eigenvalue weighted by molar-refractivity contribution is 5.01. The molecule has 1 aliphatic carbocycles. The van der Waals surface area contributed by atoms with E-state index in [2.05, 4.69) is 32.6 Å². The summed E-state index contributed by atoms with van der Waals surface area (Å²) in [6, 6.07) is 2.57. The summed E-state index contributed by atoms with van der Waals surface area (Å²) in [5.74, 6) is 1.87. The van der Waals surface area contributed by atoms with E-state index in [0.29, 0.717) is 0 Å². The Morgan fingerprint density at radius 1 is 1.08 bits per heavy atom. The zero-order valence-electron chi connectivity index (χ0n) is 9.46. The van der Waals surface area contributed by atoms with Crippen molar-refractivity contribution in [1.29, 1.82) is 0 Å².